The van der Waals surface area contributed by atoms with Gasteiger partial charge in [0.05, 0.1) is 12.0 Å². The quantitative estimate of drug-likeness (QED) is 0.676. The third-order valence-electron chi connectivity index (χ3n) is 2.75. The molecular formula is C13H12ClN3O3. The van der Waals surface area contributed by atoms with E-state index in [1.54, 1.807) is 31.4 Å². The zero-order valence-corrected chi connectivity index (χ0v) is 11.4. The number of aromatic nitrogens is 1. The lowest BCUT2D eigenvalue weighted by Crippen LogP contribution is -2.05. The fourth-order valence-corrected chi connectivity index (χ4v) is 2.00. The molecule has 2 aromatic rings. The van der Waals surface area contributed by atoms with Crippen LogP contribution in [0.3, 0.4) is 0 Å². The van der Waals surface area contributed by atoms with Gasteiger partial charge in [-0.3, -0.25) is 15.1 Å². The van der Waals surface area contributed by atoms with E-state index in [1.807, 2.05) is 0 Å². The molecule has 2 rings (SSSR count). The highest BCUT2D eigenvalue weighted by atomic mass is 35.5. The molecule has 0 bridgehead atoms. The van der Waals surface area contributed by atoms with Crippen LogP contribution in [0.4, 0.5) is 11.4 Å². The summed E-state index contributed by atoms with van der Waals surface area (Å²) >= 11 is 6.11. The van der Waals surface area contributed by atoms with Gasteiger partial charge >= 0.3 is 5.69 Å². The van der Waals surface area contributed by atoms with Gasteiger partial charge in [0.1, 0.15) is 17.6 Å². The first kappa shape index (κ1) is 14.1. The Balaban J connectivity index is 2.24. The van der Waals surface area contributed by atoms with Crippen LogP contribution in [-0.4, -0.2) is 17.0 Å². The monoisotopic (exact) mass is 293 g/mol. The van der Waals surface area contributed by atoms with Crippen molar-refractivity contribution >= 4 is 23.0 Å². The Morgan fingerprint density at radius 2 is 2.25 bits per heavy atom. The zero-order valence-electron chi connectivity index (χ0n) is 10.7. The van der Waals surface area contributed by atoms with Crippen molar-refractivity contribution in [3.8, 4) is 5.75 Å². The van der Waals surface area contributed by atoms with Gasteiger partial charge in [0.15, 0.2) is 0 Å². The molecule has 0 saturated carbocycles. The van der Waals surface area contributed by atoms with Crippen LogP contribution in [0.15, 0.2) is 36.7 Å². The highest BCUT2D eigenvalue weighted by molar-refractivity contribution is 6.31. The molecule has 0 aliphatic rings. The van der Waals surface area contributed by atoms with Crippen LogP contribution in [0.5, 0.6) is 5.75 Å². The van der Waals surface area contributed by atoms with E-state index in [4.69, 9.17) is 16.3 Å². The van der Waals surface area contributed by atoms with E-state index in [9.17, 15) is 10.1 Å². The molecule has 1 N–H and O–H groups in total. The number of ether oxygens (including phenoxy) is 1. The molecule has 0 fully saturated rings. The van der Waals surface area contributed by atoms with Crippen molar-refractivity contribution in [3.05, 3.63) is 57.4 Å². The largest absolute Gasteiger partial charge is 0.496 e. The van der Waals surface area contributed by atoms with Crippen LogP contribution < -0.4 is 10.1 Å². The lowest BCUT2D eigenvalue weighted by Gasteiger charge is -2.12. The number of nitrogens with zero attached hydrogens (tertiary/aromatic N) is 2. The number of hydrogen-bond acceptors (Lipinski definition) is 5. The smallest absolute Gasteiger partial charge is 0.310 e. The summed E-state index contributed by atoms with van der Waals surface area (Å²) in [5, 5.41) is 14.4. The SMILES string of the molecule is COc1cccc(Cl)c1CNc1ccncc1[N+](=O)[O-]. The normalized spacial score (nSPS) is 10.1. The topological polar surface area (TPSA) is 77.3 Å². The lowest BCUT2D eigenvalue weighted by molar-refractivity contribution is -0.384. The zero-order chi connectivity index (χ0) is 14.5. The Kier molecular flexibility index (Phi) is 4.37. The summed E-state index contributed by atoms with van der Waals surface area (Å²) in [5.41, 5.74) is 1.04. The minimum Gasteiger partial charge on any atom is -0.496 e. The van der Waals surface area contributed by atoms with Crippen molar-refractivity contribution in [2.45, 2.75) is 6.54 Å². The average molecular weight is 294 g/mol. The highest BCUT2D eigenvalue weighted by Gasteiger charge is 2.14. The molecule has 0 saturated heterocycles. The number of rotatable bonds is 5. The molecule has 0 aliphatic carbocycles. The van der Waals surface area contributed by atoms with E-state index in [-0.39, 0.29) is 5.69 Å². The third-order valence-corrected chi connectivity index (χ3v) is 3.10. The van der Waals surface area contributed by atoms with Crippen molar-refractivity contribution in [1.82, 2.24) is 4.98 Å². The van der Waals surface area contributed by atoms with Gasteiger partial charge in [-0.2, -0.15) is 0 Å². The third kappa shape index (κ3) is 2.97. The molecule has 0 radical (unpaired) electrons. The number of nitro groups is 1. The number of benzene rings is 1. The van der Waals surface area contributed by atoms with Crippen LogP contribution >= 0.6 is 11.6 Å². The van der Waals surface area contributed by atoms with Gasteiger partial charge in [-0.25, -0.2) is 0 Å². The molecule has 0 spiro atoms. The summed E-state index contributed by atoms with van der Waals surface area (Å²) in [6, 6.07) is 6.84. The van der Waals surface area contributed by atoms with Crippen LogP contribution in [0.2, 0.25) is 5.02 Å². The first-order valence-electron chi connectivity index (χ1n) is 5.77. The molecule has 0 aliphatic heterocycles. The molecule has 6 nitrogen and oxygen atoms in total. The summed E-state index contributed by atoms with van der Waals surface area (Å²) in [6.07, 6.45) is 2.69. The minimum atomic E-state index is -0.487. The van der Waals surface area contributed by atoms with Gasteiger partial charge < -0.3 is 10.1 Å². The fraction of sp³-hybridized carbons (Fsp3) is 0.154. The summed E-state index contributed by atoms with van der Waals surface area (Å²) in [4.78, 5) is 14.2. The molecule has 104 valence electrons. The van der Waals surface area contributed by atoms with Gasteiger partial charge in [0.2, 0.25) is 0 Å². The molecule has 1 heterocycles. The highest BCUT2D eigenvalue weighted by Crippen LogP contribution is 2.29. The lowest BCUT2D eigenvalue weighted by atomic mass is 10.2. The Morgan fingerprint density at radius 3 is 2.95 bits per heavy atom. The van der Waals surface area contributed by atoms with Gasteiger partial charge in [-0.1, -0.05) is 17.7 Å². The summed E-state index contributed by atoms with van der Waals surface area (Å²) < 4.78 is 5.22. The number of pyridine rings is 1. The molecule has 0 atom stereocenters. The van der Waals surface area contributed by atoms with Crippen molar-refractivity contribution in [2.75, 3.05) is 12.4 Å². The van der Waals surface area contributed by atoms with Gasteiger partial charge in [-0.15, -0.1) is 0 Å². The van der Waals surface area contributed by atoms with E-state index in [0.29, 0.717) is 23.0 Å². The van der Waals surface area contributed by atoms with Crippen molar-refractivity contribution < 1.29 is 9.66 Å². The molecule has 7 heteroatoms. The Labute approximate surface area is 120 Å². The predicted molar refractivity (Wildman–Crippen MR) is 76.2 cm³/mol. The van der Waals surface area contributed by atoms with Crippen molar-refractivity contribution in [1.29, 1.82) is 0 Å². The second-order valence-corrected chi connectivity index (χ2v) is 4.33. The predicted octanol–water partition coefficient (Wildman–Crippen LogP) is 3.26. The van der Waals surface area contributed by atoms with E-state index in [0.717, 1.165) is 5.56 Å². The van der Waals surface area contributed by atoms with Gasteiger partial charge in [0, 0.05) is 23.3 Å². The second-order valence-electron chi connectivity index (χ2n) is 3.92. The molecule has 20 heavy (non-hydrogen) atoms. The minimum absolute atomic E-state index is 0.0847. The summed E-state index contributed by atoms with van der Waals surface area (Å²) in [6.45, 7) is 0.313. The van der Waals surface area contributed by atoms with E-state index < -0.39 is 4.92 Å². The van der Waals surface area contributed by atoms with E-state index in [1.165, 1.54) is 12.4 Å². The molecular weight excluding hydrogens is 282 g/mol. The standard InChI is InChI=1S/C13H12ClN3O3/c1-20-13-4-2-3-10(14)9(13)7-16-11-5-6-15-8-12(11)17(18)19/h2-6,8H,7H2,1H3,(H,15,16). The number of halogens is 1. The maximum Gasteiger partial charge on any atom is 0.310 e. The summed E-state index contributed by atoms with van der Waals surface area (Å²) in [7, 11) is 1.55. The maximum absolute atomic E-state index is 10.9. The molecule has 0 amide bonds. The average Bonchev–Trinajstić information content (AvgIpc) is 2.46. The first-order valence-corrected chi connectivity index (χ1v) is 6.15. The van der Waals surface area contributed by atoms with Crippen LogP contribution in [0.1, 0.15) is 5.56 Å². The molecule has 1 aromatic heterocycles. The Bertz CT molecular complexity index is 634. The van der Waals surface area contributed by atoms with Gasteiger partial charge in [0.25, 0.3) is 0 Å². The van der Waals surface area contributed by atoms with Crippen LogP contribution in [-0.2, 0) is 6.54 Å². The Morgan fingerprint density at radius 1 is 1.45 bits per heavy atom. The van der Waals surface area contributed by atoms with Crippen LogP contribution in [0.25, 0.3) is 0 Å². The second kappa shape index (κ2) is 6.21. The number of anilines is 1. The number of nitrogens with one attached hydrogen (secondary N) is 1. The molecule has 0 unspecified atom stereocenters. The van der Waals surface area contributed by atoms with Crippen molar-refractivity contribution in [3.63, 3.8) is 0 Å². The van der Waals surface area contributed by atoms with Gasteiger partial charge in [-0.05, 0) is 18.2 Å². The number of hydrogen-bond donors (Lipinski definition) is 1. The first-order chi connectivity index (χ1) is 9.63. The summed E-state index contributed by atoms with van der Waals surface area (Å²) in [5.74, 6) is 0.627. The van der Waals surface area contributed by atoms with Crippen LogP contribution in [0, 0.1) is 10.1 Å². The Hall–Kier alpha value is -2.34. The van der Waals surface area contributed by atoms with Crippen molar-refractivity contribution in [2.24, 2.45) is 0 Å². The van der Waals surface area contributed by atoms with E-state index in [2.05, 4.69) is 10.3 Å². The molecule has 1 aromatic carbocycles. The fourth-order valence-electron chi connectivity index (χ4n) is 1.77. The number of methoxy groups -OCH3 is 1. The van der Waals surface area contributed by atoms with E-state index >= 15 is 0 Å². The maximum atomic E-state index is 10.9.